The van der Waals surface area contributed by atoms with E-state index in [1.54, 1.807) is 0 Å². The maximum absolute atomic E-state index is 12.7. The Balaban J connectivity index is 2.87. The van der Waals surface area contributed by atoms with Crippen LogP contribution in [-0.2, 0) is 6.18 Å². The van der Waals surface area contributed by atoms with E-state index in [-0.39, 0.29) is 21.6 Å². The lowest BCUT2D eigenvalue weighted by Gasteiger charge is -2.10. The second-order valence-corrected chi connectivity index (χ2v) is 3.75. The van der Waals surface area contributed by atoms with E-state index in [9.17, 15) is 18.0 Å². The smallest absolute Gasteiger partial charge is 0.296 e. The zero-order valence-electron chi connectivity index (χ0n) is 8.25. The van der Waals surface area contributed by atoms with Gasteiger partial charge in [0.15, 0.2) is 6.29 Å². The Morgan fingerprint density at radius 1 is 1.29 bits per heavy atom. The first-order valence-corrected chi connectivity index (χ1v) is 4.93. The number of aromatic nitrogens is 1. The Morgan fingerprint density at radius 2 is 2.00 bits per heavy atom. The van der Waals surface area contributed by atoms with Crippen LogP contribution in [0.5, 0.6) is 0 Å². The number of fused-ring (bicyclic) bond motifs is 1. The lowest BCUT2D eigenvalue weighted by Crippen LogP contribution is -2.07. The van der Waals surface area contributed by atoms with Crippen LogP contribution in [-0.4, -0.2) is 11.3 Å². The molecule has 0 N–H and O–H groups in total. The molecular formula is C11H5ClF3NO. The molecule has 0 bridgehead atoms. The highest BCUT2D eigenvalue weighted by Gasteiger charge is 2.33. The van der Waals surface area contributed by atoms with Gasteiger partial charge < -0.3 is 0 Å². The molecule has 0 amide bonds. The van der Waals surface area contributed by atoms with Gasteiger partial charge in [-0.05, 0) is 12.1 Å². The van der Waals surface area contributed by atoms with Crippen LogP contribution in [0.2, 0.25) is 5.02 Å². The maximum atomic E-state index is 12.7. The van der Waals surface area contributed by atoms with Gasteiger partial charge in [-0.2, -0.15) is 13.2 Å². The number of rotatable bonds is 1. The monoisotopic (exact) mass is 259 g/mol. The van der Waals surface area contributed by atoms with Crippen molar-refractivity contribution in [3.05, 3.63) is 40.5 Å². The Labute approximate surface area is 99.0 Å². The molecule has 0 aliphatic carbocycles. The van der Waals surface area contributed by atoms with Crippen molar-refractivity contribution in [1.82, 2.24) is 4.98 Å². The first kappa shape index (κ1) is 11.9. The van der Waals surface area contributed by atoms with Crippen LogP contribution in [0.15, 0.2) is 24.3 Å². The predicted molar refractivity (Wildman–Crippen MR) is 57.1 cm³/mol. The van der Waals surface area contributed by atoms with Gasteiger partial charge in [-0.3, -0.25) is 4.79 Å². The molecule has 88 valence electrons. The van der Waals surface area contributed by atoms with Crippen molar-refractivity contribution in [2.45, 2.75) is 6.18 Å². The fraction of sp³-hybridized carbons (Fsp3) is 0.0909. The van der Waals surface area contributed by atoms with Crippen LogP contribution in [0, 0.1) is 0 Å². The molecule has 0 unspecified atom stereocenters. The van der Waals surface area contributed by atoms with Crippen LogP contribution in [0.1, 0.15) is 16.1 Å². The standard InChI is InChI=1S/C11H5ClF3NO/c12-9-4-6(5-17)16-10-7(9)2-1-3-8(10)11(13,14)15/h1-5H. The Morgan fingerprint density at radius 3 is 2.59 bits per heavy atom. The van der Waals surface area contributed by atoms with Crippen LogP contribution in [0.25, 0.3) is 10.9 Å². The van der Waals surface area contributed by atoms with Crippen molar-refractivity contribution in [2.75, 3.05) is 0 Å². The average molecular weight is 260 g/mol. The Kier molecular flexibility index (Phi) is 2.79. The van der Waals surface area contributed by atoms with Crippen LogP contribution < -0.4 is 0 Å². The molecule has 6 heteroatoms. The number of halogens is 4. The first-order valence-electron chi connectivity index (χ1n) is 4.55. The van der Waals surface area contributed by atoms with Crippen molar-refractivity contribution in [2.24, 2.45) is 0 Å². The molecule has 1 aromatic carbocycles. The summed E-state index contributed by atoms with van der Waals surface area (Å²) in [5, 5.41) is 0.246. The minimum Gasteiger partial charge on any atom is -0.296 e. The molecule has 0 fully saturated rings. The number of aldehydes is 1. The van der Waals surface area contributed by atoms with Gasteiger partial charge in [-0.25, -0.2) is 4.98 Å². The highest BCUT2D eigenvalue weighted by atomic mass is 35.5. The fourth-order valence-electron chi connectivity index (χ4n) is 1.51. The minimum absolute atomic E-state index is 0.0724. The largest absolute Gasteiger partial charge is 0.418 e. The van der Waals surface area contributed by atoms with Gasteiger partial charge in [0.2, 0.25) is 0 Å². The van der Waals surface area contributed by atoms with Gasteiger partial charge in [0.25, 0.3) is 0 Å². The third kappa shape index (κ3) is 2.10. The van der Waals surface area contributed by atoms with E-state index in [1.165, 1.54) is 18.2 Å². The van der Waals surface area contributed by atoms with Crippen molar-refractivity contribution in [3.8, 4) is 0 Å². The molecule has 0 spiro atoms. The van der Waals surface area contributed by atoms with Crippen molar-refractivity contribution in [3.63, 3.8) is 0 Å². The average Bonchev–Trinajstić information content (AvgIpc) is 2.26. The molecule has 2 nitrogen and oxygen atoms in total. The normalized spacial score (nSPS) is 11.8. The summed E-state index contributed by atoms with van der Waals surface area (Å²) in [6, 6.07) is 4.81. The fourth-order valence-corrected chi connectivity index (χ4v) is 1.78. The summed E-state index contributed by atoms with van der Waals surface area (Å²) in [4.78, 5) is 14.2. The summed E-state index contributed by atoms with van der Waals surface area (Å²) in [7, 11) is 0. The van der Waals surface area contributed by atoms with E-state index in [1.807, 2.05) is 0 Å². The quantitative estimate of drug-likeness (QED) is 0.731. The molecule has 17 heavy (non-hydrogen) atoms. The van der Waals surface area contributed by atoms with E-state index in [0.717, 1.165) is 6.07 Å². The molecule has 0 saturated heterocycles. The number of hydrogen-bond acceptors (Lipinski definition) is 2. The number of pyridine rings is 1. The van der Waals surface area contributed by atoms with E-state index >= 15 is 0 Å². The van der Waals surface area contributed by atoms with E-state index in [4.69, 9.17) is 11.6 Å². The Bertz CT molecular complexity index is 595. The number of benzene rings is 1. The summed E-state index contributed by atoms with van der Waals surface area (Å²) in [5.41, 5.74) is -1.34. The molecule has 2 aromatic rings. The number of alkyl halides is 3. The van der Waals surface area contributed by atoms with Crippen molar-refractivity contribution < 1.29 is 18.0 Å². The molecular weight excluding hydrogens is 255 g/mol. The molecule has 1 heterocycles. The van der Waals surface area contributed by atoms with Gasteiger partial charge in [0, 0.05) is 5.39 Å². The second kappa shape index (κ2) is 4.00. The minimum atomic E-state index is -4.53. The summed E-state index contributed by atoms with van der Waals surface area (Å²) in [6.07, 6.45) is -4.17. The lowest BCUT2D eigenvalue weighted by atomic mass is 10.1. The number of carbonyl (C=O) groups is 1. The van der Waals surface area contributed by atoms with Crippen molar-refractivity contribution in [1.29, 1.82) is 0 Å². The molecule has 0 saturated carbocycles. The van der Waals surface area contributed by atoms with Crippen molar-refractivity contribution >= 4 is 28.8 Å². The van der Waals surface area contributed by atoms with Crippen LogP contribution in [0.3, 0.4) is 0 Å². The predicted octanol–water partition coefficient (Wildman–Crippen LogP) is 3.72. The maximum Gasteiger partial charge on any atom is 0.418 e. The van der Waals surface area contributed by atoms with E-state index in [2.05, 4.69) is 4.98 Å². The zero-order valence-corrected chi connectivity index (χ0v) is 9.01. The SMILES string of the molecule is O=Cc1cc(Cl)c2cccc(C(F)(F)F)c2n1. The molecule has 2 rings (SSSR count). The highest BCUT2D eigenvalue weighted by molar-refractivity contribution is 6.35. The van der Waals surface area contributed by atoms with E-state index < -0.39 is 11.7 Å². The number of nitrogens with zero attached hydrogens (tertiary/aromatic N) is 1. The van der Waals surface area contributed by atoms with Crippen LogP contribution >= 0.6 is 11.6 Å². The second-order valence-electron chi connectivity index (χ2n) is 3.35. The van der Waals surface area contributed by atoms with Gasteiger partial charge in [0.05, 0.1) is 16.1 Å². The number of carbonyl (C=O) groups excluding carboxylic acids is 1. The van der Waals surface area contributed by atoms with E-state index in [0.29, 0.717) is 6.29 Å². The van der Waals surface area contributed by atoms with Crippen LogP contribution in [0.4, 0.5) is 13.2 Å². The third-order valence-electron chi connectivity index (χ3n) is 2.23. The van der Waals surface area contributed by atoms with Gasteiger partial charge in [-0.1, -0.05) is 23.7 Å². The third-order valence-corrected chi connectivity index (χ3v) is 2.55. The van der Waals surface area contributed by atoms with Gasteiger partial charge in [0.1, 0.15) is 5.69 Å². The summed E-state index contributed by atoms with van der Waals surface area (Å²) in [5.74, 6) is 0. The Hall–Kier alpha value is -1.62. The highest BCUT2D eigenvalue weighted by Crippen LogP contribution is 2.35. The zero-order chi connectivity index (χ0) is 12.6. The molecule has 0 atom stereocenters. The summed E-state index contributed by atoms with van der Waals surface area (Å²) in [6.45, 7) is 0. The molecule has 0 aliphatic rings. The van der Waals surface area contributed by atoms with Gasteiger partial charge in [-0.15, -0.1) is 0 Å². The molecule has 0 radical (unpaired) electrons. The summed E-state index contributed by atoms with van der Waals surface area (Å²) < 4.78 is 38.1. The van der Waals surface area contributed by atoms with Gasteiger partial charge >= 0.3 is 6.18 Å². The molecule has 1 aromatic heterocycles. The number of hydrogen-bond donors (Lipinski definition) is 0. The topological polar surface area (TPSA) is 30.0 Å². The summed E-state index contributed by atoms with van der Waals surface area (Å²) >= 11 is 5.80. The lowest BCUT2D eigenvalue weighted by molar-refractivity contribution is -0.136. The molecule has 0 aliphatic heterocycles. The number of para-hydroxylation sites is 1. The first-order chi connectivity index (χ1) is 7.93.